The number of aryl methyl sites for hydroxylation is 1. The Morgan fingerprint density at radius 3 is 2.70 bits per heavy atom. The number of hydrazone groups is 1. The van der Waals surface area contributed by atoms with E-state index >= 15 is 0 Å². The first-order chi connectivity index (χ1) is 11.0. The lowest BCUT2D eigenvalue weighted by Crippen LogP contribution is -2.31. The zero-order chi connectivity index (χ0) is 16.8. The first kappa shape index (κ1) is 17.7. The molecule has 0 spiro atoms. The van der Waals surface area contributed by atoms with Gasteiger partial charge in [0.05, 0.1) is 24.0 Å². The van der Waals surface area contributed by atoms with Crippen molar-refractivity contribution in [2.45, 2.75) is 20.4 Å². The summed E-state index contributed by atoms with van der Waals surface area (Å²) in [6.45, 7) is 5.14. The van der Waals surface area contributed by atoms with Crippen molar-refractivity contribution < 1.29 is 0 Å². The van der Waals surface area contributed by atoms with E-state index in [1.807, 2.05) is 38.1 Å². The highest BCUT2D eigenvalue weighted by Crippen LogP contribution is 2.19. The summed E-state index contributed by atoms with van der Waals surface area (Å²) in [5.74, 6) is 0. The molecule has 8 heteroatoms. The molecule has 0 amide bonds. The number of aromatic nitrogens is 2. The standard InChI is InChI=1S/C15H17Cl2N5S/c1-3-18-15(23)20-19-8-13-10(2)21-22(14(13)17)9-11-4-6-12(16)7-5-11/h4-8H,3,9H2,1-2H3,(H2,18,20,23)/b19-8+. The second-order valence-corrected chi connectivity index (χ2v) is 6.01. The molecule has 0 aliphatic heterocycles. The van der Waals surface area contributed by atoms with Crippen LogP contribution in [0.25, 0.3) is 0 Å². The monoisotopic (exact) mass is 369 g/mol. The molecule has 122 valence electrons. The molecule has 1 heterocycles. The SMILES string of the molecule is CCNC(=S)N/N=C/c1c(C)nn(Cc2ccc(Cl)cc2)c1Cl. The van der Waals surface area contributed by atoms with Gasteiger partial charge in [-0.1, -0.05) is 35.3 Å². The average Bonchev–Trinajstić information content (AvgIpc) is 2.77. The van der Waals surface area contributed by atoms with Gasteiger partial charge < -0.3 is 5.32 Å². The minimum Gasteiger partial charge on any atom is -0.362 e. The quantitative estimate of drug-likeness (QED) is 0.482. The number of halogens is 2. The van der Waals surface area contributed by atoms with E-state index in [2.05, 4.69) is 20.9 Å². The number of nitrogens with one attached hydrogen (secondary N) is 2. The van der Waals surface area contributed by atoms with Crippen LogP contribution in [0.5, 0.6) is 0 Å². The maximum atomic E-state index is 6.39. The fourth-order valence-electron chi connectivity index (χ4n) is 1.94. The topological polar surface area (TPSA) is 54.2 Å². The lowest BCUT2D eigenvalue weighted by molar-refractivity contribution is 0.680. The molecule has 5 nitrogen and oxygen atoms in total. The molecule has 0 aliphatic carbocycles. The zero-order valence-corrected chi connectivity index (χ0v) is 15.1. The van der Waals surface area contributed by atoms with Gasteiger partial charge in [0.1, 0.15) is 5.15 Å². The van der Waals surface area contributed by atoms with E-state index in [1.165, 1.54) is 0 Å². The third kappa shape index (κ3) is 4.92. The smallest absolute Gasteiger partial charge is 0.186 e. The van der Waals surface area contributed by atoms with E-state index in [-0.39, 0.29) is 0 Å². The summed E-state index contributed by atoms with van der Waals surface area (Å²) in [7, 11) is 0. The van der Waals surface area contributed by atoms with Crippen LogP contribution in [0.3, 0.4) is 0 Å². The minimum atomic E-state index is 0.464. The Morgan fingerprint density at radius 2 is 2.04 bits per heavy atom. The Morgan fingerprint density at radius 1 is 1.35 bits per heavy atom. The van der Waals surface area contributed by atoms with Gasteiger partial charge in [0.2, 0.25) is 0 Å². The maximum Gasteiger partial charge on any atom is 0.186 e. The molecule has 1 aromatic heterocycles. The maximum absolute atomic E-state index is 6.39. The highest BCUT2D eigenvalue weighted by Gasteiger charge is 2.12. The third-order valence-corrected chi connectivity index (χ3v) is 3.94. The Labute approximate surface area is 150 Å². The van der Waals surface area contributed by atoms with E-state index in [4.69, 9.17) is 35.4 Å². The summed E-state index contributed by atoms with van der Waals surface area (Å²) >= 11 is 17.3. The van der Waals surface area contributed by atoms with Gasteiger partial charge in [0, 0.05) is 11.6 Å². The van der Waals surface area contributed by atoms with E-state index in [0.29, 0.717) is 21.8 Å². The van der Waals surface area contributed by atoms with Crippen LogP contribution in [0.1, 0.15) is 23.7 Å². The number of nitrogens with zero attached hydrogens (tertiary/aromatic N) is 3. The van der Waals surface area contributed by atoms with Crippen LogP contribution in [-0.2, 0) is 6.54 Å². The number of hydrogen-bond acceptors (Lipinski definition) is 3. The molecule has 0 unspecified atom stereocenters. The molecule has 0 bridgehead atoms. The fourth-order valence-corrected chi connectivity index (χ4v) is 2.54. The van der Waals surface area contributed by atoms with E-state index in [1.54, 1.807) is 10.9 Å². The third-order valence-electron chi connectivity index (χ3n) is 3.05. The molecule has 0 fully saturated rings. The van der Waals surface area contributed by atoms with Gasteiger partial charge in [-0.3, -0.25) is 5.43 Å². The van der Waals surface area contributed by atoms with Crippen molar-refractivity contribution in [3.05, 3.63) is 51.3 Å². The van der Waals surface area contributed by atoms with Gasteiger partial charge in [-0.15, -0.1) is 0 Å². The van der Waals surface area contributed by atoms with Crippen LogP contribution in [0.15, 0.2) is 29.4 Å². The van der Waals surface area contributed by atoms with Crippen LogP contribution in [0.2, 0.25) is 10.2 Å². The van der Waals surface area contributed by atoms with E-state index in [0.717, 1.165) is 23.4 Å². The molecule has 0 atom stereocenters. The highest BCUT2D eigenvalue weighted by atomic mass is 35.5. The summed E-state index contributed by atoms with van der Waals surface area (Å²) < 4.78 is 1.73. The molecule has 1 aromatic carbocycles. The summed E-state index contributed by atoms with van der Waals surface area (Å²) in [5, 5.41) is 13.2. The van der Waals surface area contributed by atoms with Gasteiger partial charge >= 0.3 is 0 Å². The summed E-state index contributed by atoms with van der Waals surface area (Å²) in [4.78, 5) is 0. The van der Waals surface area contributed by atoms with Crippen LogP contribution in [-0.4, -0.2) is 27.7 Å². The van der Waals surface area contributed by atoms with Crippen molar-refractivity contribution >= 4 is 46.7 Å². The normalized spacial score (nSPS) is 11.0. The van der Waals surface area contributed by atoms with Crippen molar-refractivity contribution in [1.29, 1.82) is 0 Å². The van der Waals surface area contributed by atoms with E-state index < -0.39 is 0 Å². The first-order valence-electron chi connectivity index (χ1n) is 7.05. The predicted octanol–water partition coefficient (Wildman–Crippen LogP) is 3.36. The van der Waals surface area contributed by atoms with Gasteiger partial charge in [-0.25, -0.2) is 4.68 Å². The summed E-state index contributed by atoms with van der Waals surface area (Å²) in [5.41, 5.74) is 5.35. The minimum absolute atomic E-state index is 0.464. The first-order valence-corrected chi connectivity index (χ1v) is 8.22. The second-order valence-electron chi connectivity index (χ2n) is 4.80. The predicted molar refractivity (Wildman–Crippen MR) is 99.5 cm³/mol. The summed E-state index contributed by atoms with van der Waals surface area (Å²) in [6.07, 6.45) is 1.62. The van der Waals surface area contributed by atoms with Crippen molar-refractivity contribution in [1.82, 2.24) is 20.5 Å². The van der Waals surface area contributed by atoms with Crippen molar-refractivity contribution in [3.8, 4) is 0 Å². The fraction of sp³-hybridized carbons (Fsp3) is 0.267. The Kier molecular flexibility index (Phi) is 6.38. The van der Waals surface area contributed by atoms with E-state index in [9.17, 15) is 0 Å². The second kappa shape index (κ2) is 8.29. The van der Waals surface area contributed by atoms with Gasteiger partial charge in [-0.05, 0) is 43.8 Å². The van der Waals surface area contributed by atoms with Gasteiger partial charge in [-0.2, -0.15) is 10.2 Å². The molecule has 0 aliphatic rings. The number of rotatable bonds is 5. The number of benzene rings is 1. The summed E-state index contributed by atoms with van der Waals surface area (Å²) in [6, 6.07) is 7.57. The Balaban J connectivity index is 2.11. The number of thiocarbonyl (C=S) groups is 1. The van der Waals surface area contributed by atoms with Crippen molar-refractivity contribution in [3.63, 3.8) is 0 Å². The molecule has 0 radical (unpaired) electrons. The molecular formula is C15H17Cl2N5S. The molecule has 23 heavy (non-hydrogen) atoms. The average molecular weight is 370 g/mol. The van der Waals surface area contributed by atoms with Crippen LogP contribution in [0, 0.1) is 6.92 Å². The number of hydrogen-bond donors (Lipinski definition) is 2. The molecular weight excluding hydrogens is 353 g/mol. The molecule has 0 saturated heterocycles. The van der Waals surface area contributed by atoms with Crippen molar-refractivity contribution in [2.24, 2.45) is 5.10 Å². The lowest BCUT2D eigenvalue weighted by atomic mass is 10.2. The molecule has 2 aromatic rings. The molecule has 0 saturated carbocycles. The van der Waals surface area contributed by atoms with Crippen molar-refractivity contribution in [2.75, 3.05) is 6.54 Å². The van der Waals surface area contributed by atoms with Crippen LogP contribution < -0.4 is 10.7 Å². The lowest BCUT2D eigenvalue weighted by Gasteiger charge is -2.04. The van der Waals surface area contributed by atoms with Crippen LogP contribution in [0.4, 0.5) is 0 Å². The highest BCUT2D eigenvalue weighted by molar-refractivity contribution is 7.80. The zero-order valence-electron chi connectivity index (χ0n) is 12.8. The molecule has 2 N–H and O–H groups in total. The molecule has 2 rings (SSSR count). The van der Waals surface area contributed by atoms with Gasteiger partial charge in [0.25, 0.3) is 0 Å². The van der Waals surface area contributed by atoms with Gasteiger partial charge in [0.15, 0.2) is 5.11 Å². The Bertz CT molecular complexity index is 709. The Hall–Kier alpha value is -1.63. The van der Waals surface area contributed by atoms with Crippen LogP contribution >= 0.6 is 35.4 Å². The largest absolute Gasteiger partial charge is 0.362 e.